The van der Waals surface area contributed by atoms with Crippen LogP contribution in [0.3, 0.4) is 0 Å². The Labute approximate surface area is 114 Å². The molecule has 0 unspecified atom stereocenters. The summed E-state index contributed by atoms with van der Waals surface area (Å²) in [5.74, 6) is -0.366. The topological polar surface area (TPSA) is 55.6 Å². The van der Waals surface area contributed by atoms with E-state index in [0.717, 1.165) is 24.2 Å². The van der Waals surface area contributed by atoms with E-state index < -0.39 is 0 Å². The van der Waals surface area contributed by atoms with Gasteiger partial charge < -0.3 is 15.4 Å². The molecule has 0 aromatic heterocycles. The molecule has 0 atom stereocenters. The molecule has 4 heteroatoms. The van der Waals surface area contributed by atoms with E-state index in [1.807, 2.05) is 13.0 Å². The molecular formula is C15H22N2O2. The number of methoxy groups -OCH3 is 1. The lowest BCUT2D eigenvalue weighted by Gasteiger charge is -2.25. The SMILES string of the molecule is CCCN(c1cc(C)c(N)c(C(=O)OC)c1)C1CC1. The average molecular weight is 262 g/mol. The first-order valence-corrected chi connectivity index (χ1v) is 6.83. The molecule has 2 N–H and O–H groups in total. The van der Waals surface area contributed by atoms with Crippen molar-refractivity contribution in [2.45, 2.75) is 39.2 Å². The van der Waals surface area contributed by atoms with E-state index in [1.165, 1.54) is 20.0 Å². The number of carbonyl (C=O) groups is 1. The molecule has 104 valence electrons. The van der Waals surface area contributed by atoms with Crippen molar-refractivity contribution in [3.05, 3.63) is 23.3 Å². The quantitative estimate of drug-likeness (QED) is 0.655. The molecule has 1 fully saturated rings. The maximum Gasteiger partial charge on any atom is 0.340 e. The fourth-order valence-corrected chi connectivity index (χ4v) is 2.37. The molecule has 0 amide bonds. The number of nitrogens with two attached hydrogens (primary N) is 1. The first-order chi connectivity index (χ1) is 9.08. The van der Waals surface area contributed by atoms with Gasteiger partial charge in [-0.15, -0.1) is 0 Å². The fraction of sp³-hybridized carbons (Fsp3) is 0.533. The predicted octanol–water partition coefficient (Wildman–Crippen LogP) is 2.74. The number of ether oxygens (including phenoxy) is 1. The van der Waals surface area contributed by atoms with Gasteiger partial charge in [0, 0.05) is 24.0 Å². The van der Waals surface area contributed by atoms with Gasteiger partial charge in [-0.3, -0.25) is 0 Å². The Bertz CT molecular complexity index is 481. The number of hydrogen-bond acceptors (Lipinski definition) is 4. The second-order valence-corrected chi connectivity index (χ2v) is 5.14. The summed E-state index contributed by atoms with van der Waals surface area (Å²) in [5, 5.41) is 0. The molecule has 1 aliphatic rings. The zero-order valence-corrected chi connectivity index (χ0v) is 11.9. The van der Waals surface area contributed by atoms with E-state index in [4.69, 9.17) is 10.5 Å². The maximum absolute atomic E-state index is 11.8. The third-order valence-corrected chi connectivity index (χ3v) is 3.56. The minimum atomic E-state index is -0.366. The predicted molar refractivity (Wildman–Crippen MR) is 77.6 cm³/mol. The molecule has 0 aliphatic heterocycles. The highest BCUT2D eigenvalue weighted by Crippen LogP contribution is 2.34. The summed E-state index contributed by atoms with van der Waals surface area (Å²) in [5.41, 5.74) is 8.97. The van der Waals surface area contributed by atoms with Crippen LogP contribution in [0.5, 0.6) is 0 Å². The van der Waals surface area contributed by atoms with Crippen LogP contribution in [0.2, 0.25) is 0 Å². The Hall–Kier alpha value is -1.71. The molecule has 0 heterocycles. The molecular weight excluding hydrogens is 240 g/mol. The molecule has 2 rings (SSSR count). The van der Waals surface area contributed by atoms with Gasteiger partial charge in [-0.1, -0.05) is 6.92 Å². The third-order valence-electron chi connectivity index (χ3n) is 3.56. The summed E-state index contributed by atoms with van der Waals surface area (Å²) in [6, 6.07) is 4.55. The number of esters is 1. The second-order valence-electron chi connectivity index (χ2n) is 5.14. The van der Waals surface area contributed by atoms with Gasteiger partial charge in [-0.2, -0.15) is 0 Å². The molecule has 4 nitrogen and oxygen atoms in total. The number of carbonyl (C=O) groups excluding carboxylic acids is 1. The average Bonchev–Trinajstić information content (AvgIpc) is 3.22. The smallest absolute Gasteiger partial charge is 0.340 e. The Morgan fingerprint density at radius 1 is 1.47 bits per heavy atom. The third kappa shape index (κ3) is 2.83. The summed E-state index contributed by atoms with van der Waals surface area (Å²) in [6.07, 6.45) is 3.56. The van der Waals surface area contributed by atoms with Crippen LogP contribution in [-0.4, -0.2) is 25.7 Å². The highest BCUT2D eigenvalue weighted by Gasteiger charge is 2.29. The lowest BCUT2D eigenvalue weighted by molar-refractivity contribution is 0.0602. The number of hydrogen-bond donors (Lipinski definition) is 1. The lowest BCUT2D eigenvalue weighted by atomic mass is 10.1. The van der Waals surface area contributed by atoms with Crippen LogP contribution < -0.4 is 10.6 Å². The minimum absolute atomic E-state index is 0.366. The first-order valence-electron chi connectivity index (χ1n) is 6.83. The van der Waals surface area contributed by atoms with Crippen LogP contribution in [0.1, 0.15) is 42.1 Å². The van der Waals surface area contributed by atoms with Gasteiger partial charge in [0.15, 0.2) is 0 Å². The molecule has 0 spiro atoms. The summed E-state index contributed by atoms with van der Waals surface area (Å²) in [7, 11) is 1.38. The molecule has 0 radical (unpaired) electrons. The van der Waals surface area contributed by atoms with Crippen molar-refractivity contribution in [3.8, 4) is 0 Å². The van der Waals surface area contributed by atoms with E-state index in [1.54, 1.807) is 0 Å². The van der Waals surface area contributed by atoms with E-state index in [9.17, 15) is 4.79 Å². The molecule has 19 heavy (non-hydrogen) atoms. The van der Waals surface area contributed by atoms with Crippen molar-refractivity contribution in [2.24, 2.45) is 0 Å². The van der Waals surface area contributed by atoms with Gasteiger partial charge in [0.25, 0.3) is 0 Å². The number of rotatable bonds is 5. The Morgan fingerprint density at radius 3 is 2.68 bits per heavy atom. The molecule has 0 saturated heterocycles. The van der Waals surface area contributed by atoms with Gasteiger partial charge in [0.2, 0.25) is 0 Å². The van der Waals surface area contributed by atoms with E-state index in [-0.39, 0.29) is 5.97 Å². The lowest BCUT2D eigenvalue weighted by Crippen LogP contribution is -2.27. The van der Waals surface area contributed by atoms with Crippen LogP contribution in [-0.2, 0) is 4.74 Å². The molecule has 0 bridgehead atoms. The number of nitrogen functional groups attached to an aromatic ring is 1. The van der Waals surface area contributed by atoms with Crippen LogP contribution >= 0.6 is 0 Å². The maximum atomic E-state index is 11.8. The normalized spacial score (nSPS) is 14.3. The number of anilines is 2. The van der Waals surface area contributed by atoms with Crippen LogP contribution in [0, 0.1) is 6.92 Å². The van der Waals surface area contributed by atoms with Crippen molar-refractivity contribution in [3.63, 3.8) is 0 Å². The van der Waals surface area contributed by atoms with Crippen molar-refractivity contribution in [1.29, 1.82) is 0 Å². The van der Waals surface area contributed by atoms with E-state index in [0.29, 0.717) is 17.3 Å². The van der Waals surface area contributed by atoms with Crippen LogP contribution in [0.25, 0.3) is 0 Å². The monoisotopic (exact) mass is 262 g/mol. The van der Waals surface area contributed by atoms with Gasteiger partial charge in [-0.25, -0.2) is 4.79 Å². The van der Waals surface area contributed by atoms with Gasteiger partial charge >= 0.3 is 5.97 Å². The fourth-order valence-electron chi connectivity index (χ4n) is 2.37. The summed E-state index contributed by atoms with van der Waals surface area (Å²) in [4.78, 5) is 14.2. The Morgan fingerprint density at radius 2 is 2.16 bits per heavy atom. The van der Waals surface area contributed by atoms with Crippen LogP contribution in [0.4, 0.5) is 11.4 Å². The second kappa shape index (κ2) is 5.51. The van der Waals surface area contributed by atoms with E-state index >= 15 is 0 Å². The van der Waals surface area contributed by atoms with Gasteiger partial charge in [0.05, 0.1) is 12.7 Å². The summed E-state index contributed by atoms with van der Waals surface area (Å²) < 4.78 is 4.81. The van der Waals surface area contributed by atoms with Gasteiger partial charge in [0.1, 0.15) is 0 Å². The van der Waals surface area contributed by atoms with Crippen molar-refractivity contribution in [2.75, 3.05) is 24.3 Å². The van der Waals surface area contributed by atoms with Crippen molar-refractivity contribution < 1.29 is 9.53 Å². The number of benzene rings is 1. The summed E-state index contributed by atoms with van der Waals surface area (Å²) in [6.45, 7) is 5.11. The van der Waals surface area contributed by atoms with Crippen molar-refractivity contribution in [1.82, 2.24) is 0 Å². The highest BCUT2D eigenvalue weighted by molar-refractivity contribution is 5.97. The van der Waals surface area contributed by atoms with E-state index in [2.05, 4.69) is 17.9 Å². The minimum Gasteiger partial charge on any atom is -0.465 e. The first kappa shape index (κ1) is 13.7. The molecule has 1 aromatic rings. The van der Waals surface area contributed by atoms with Gasteiger partial charge in [-0.05, 0) is 43.9 Å². The standard InChI is InChI=1S/C15H22N2O2/c1-4-7-17(11-5-6-11)12-8-10(2)14(16)13(9-12)15(18)19-3/h8-9,11H,4-7,16H2,1-3H3. The zero-order valence-electron chi connectivity index (χ0n) is 11.9. The molecule has 1 saturated carbocycles. The molecule has 1 aliphatic carbocycles. The Kier molecular flexibility index (Phi) is 3.98. The number of aryl methyl sites for hydroxylation is 1. The van der Waals surface area contributed by atoms with Crippen LogP contribution in [0.15, 0.2) is 12.1 Å². The number of nitrogens with zero attached hydrogens (tertiary/aromatic N) is 1. The highest BCUT2D eigenvalue weighted by atomic mass is 16.5. The van der Waals surface area contributed by atoms with Crippen molar-refractivity contribution >= 4 is 17.3 Å². The largest absolute Gasteiger partial charge is 0.465 e. The zero-order chi connectivity index (χ0) is 14.0. The molecule has 1 aromatic carbocycles. The summed E-state index contributed by atoms with van der Waals surface area (Å²) >= 11 is 0. The Balaban J connectivity index is 2.39.